The third-order valence-electron chi connectivity index (χ3n) is 5.10. The van der Waals surface area contributed by atoms with Gasteiger partial charge in [-0.1, -0.05) is 36.4 Å². The first kappa shape index (κ1) is 22.2. The Hall–Kier alpha value is -4.51. The summed E-state index contributed by atoms with van der Waals surface area (Å²) in [5.41, 5.74) is 1.41. The van der Waals surface area contributed by atoms with E-state index in [1.165, 1.54) is 29.0 Å². The minimum absolute atomic E-state index is 0.0802. The first-order valence-electron chi connectivity index (χ1n) is 9.73. The highest BCUT2D eigenvalue weighted by Crippen LogP contribution is 2.19. The molecule has 1 aromatic heterocycles. The number of ketones is 1. The predicted octanol–water partition coefficient (Wildman–Crippen LogP) is 3.67. The predicted molar refractivity (Wildman–Crippen MR) is 120 cm³/mol. The van der Waals surface area contributed by atoms with Crippen LogP contribution in [0.15, 0.2) is 77.1 Å². The molecule has 0 aliphatic rings. The molecule has 0 saturated carbocycles. The highest BCUT2D eigenvalue weighted by molar-refractivity contribution is 6.00. The van der Waals surface area contributed by atoms with Gasteiger partial charge >= 0.3 is 0 Å². The molecular formula is C24H20N4O4. The summed E-state index contributed by atoms with van der Waals surface area (Å²) in [6, 6.07) is 17.1. The lowest BCUT2D eigenvalue weighted by molar-refractivity contribution is -0.385. The van der Waals surface area contributed by atoms with Crippen LogP contribution < -0.4 is 5.56 Å². The molecule has 8 nitrogen and oxygen atoms in total. The third-order valence-corrected chi connectivity index (χ3v) is 5.10. The Balaban J connectivity index is 1.88. The van der Waals surface area contributed by atoms with Gasteiger partial charge in [0, 0.05) is 30.8 Å². The number of hydrogen-bond acceptors (Lipinski definition) is 5. The fourth-order valence-corrected chi connectivity index (χ4v) is 3.32. The van der Waals surface area contributed by atoms with Gasteiger partial charge in [0.15, 0.2) is 5.78 Å². The van der Waals surface area contributed by atoms with Crippen LogP contribution >= 0.6 is 0 Å². The summed E-state index contributed by atoms with van der Waals surface area (Å²) in [4.78, 5) is 36.3. The monoisotopic (exact) mass is 428 g/mol. The second-order valence-electron chi connectivity index (χ2n) is 7.01. The molecule has 0 spiro atoms. The zero-order chi connectivity index (χ0) is 23.3. The third kappa shape index (κ3) is 4.47. The van der Waals surface area contributed by atoms with Gasteiger partial charge < -0.3 is 0 Å². The number of nitriles is 1. The Bertz CT molecular complexity index is 1340. The fourth-order valence-electron chi connectivity index (χ4n) is 3.32. The number of carbonyl (C=O) groups excluding carboxylic acids is 1. The average Bonchev–Trinajstić information content (AvgIpc) is 3.00. The molecular weight excluding hydrogens is 408 g/mol. The van der Waals surface area contributed by atoms with Crippen molar-refractivity contribution < 1.29 is 9.72 Å². The van der Waals surface area contributed by atoms with Crippen molar-refractivity contribution >= 4 is 17.5 Å². The Morgan fingerprint density at radius 1 is 1.16 bits per heavy atom. The summed E-state index contributed by atoms with van der Waals surface area (Å²) in [5, 5.41) is 20.5. The number of aromatic nitrogens is 2. The van der Waals surface area contributed by atoms with E-state index in [9.17, 15) is 25.0 Å². The molecule has 3 rings (SSSR count). The number of nitrogens with zero attached hydrogens (tertiary/aromatic N) is 4. The van der Waals surface area contributed by atoms with Gasteiger partial charge in [-0.15, -0.1) is 0 Å². The number of para-hydroxylation sites is 2. The van der Waals surface area contributed by atoms with Gasteiger partial charge in [-0.3, -0.25) is 24.4 Å². The quantitative estimate of drug-likeness (QED) is 0.187. The van der Waals surface area contributed by atoms with Gasteiger partial charge in [-0.05, 0) is 37.3 Å². The summed E-state index contributed by atoms with van der Waals surface area (Å²) < 4.78 is 3.15. The Labute approximate surface area is 184 Å². The molecule has 0 N–H and O–H groups in total. The van der Waals surface area contributed by atoms with Crippen LogP contribution in [0.3, 0.4) is 0 Å². The van der Waals surface area contributed by atoms with E-state index in [1.54, 1.807) is 49.0 Å². The van der Waals surface area contributed by atoms with Crippen molar-refractivity contribution in [2.75, 3.05) is 0 Å². The maximum atomic E-state index is 13.0. The number of carbonyl (C=O) groups is 1. The van der Waals surface area contributed by atoms with Crippen LogP contribution in [0.5, 0.6) is 0 Å². The van der Waals surface area contributed by atoms with E-state index in [1.807, 2.05) is 24.3 Å². The molecule has 0 fully saturated rings. The Kier molecular flexibility index (Phi) is 6.61. The zero-order valence-corrected chi connectivity index (χ0v) is 17.6. The number of allylic oxidation sites excluding steroid dienone is 3. The van der Waals surface area contributed by atoms with Gasteiger partial charge in [-0.2, -0.15) is 5.26 Å². The molecule has 0 aliphatic carbocycles. The molecule has 0 aliphatic heterocycles. The van der Waals surface area contributed by atoms with Crippen LogP contribution in [0.1, 0.15) is 16.8 Å². The molecule has 32 heavy (non-hydrogen) atoms. The number of benzene rings is 2. The van der Waals surface area contributed by atoms with E-state index in [4.69, 9.17) is 0 Å². The van der Waals surface area contributed by atoms with E-state index in [-0.39, 0.29) is 23.2 Å². The van der Waals surface area contributed by atoms with E-state index < -0.39 is 10.7 Å². The molecule has 8 heteroatoms. The molecule has 0 unspecified atom stereocenters. The van der Waals surface area contributed by atoms with Crippen molar-refractivity contribution in [2.24, 2.45) is 7.05 Å². The largest absolute Gasteiger partial charge is 0.293 e. The smallest absolute Gasteiger partial charge is 0.276 e. The van der Waals surface area contributed by atoms with E-state index in [2.05, 4.69) is 0 Å². The second kappa shape index (κ2) is 9.53. The van der Waals surface area contributed by atoms with Gasteiger partial charge in [0.2, 0.25) is 0 Å². The van der Waals surface area contributed by atoms with Crippen LogP contribution in [0, 0.1) is 28.4 Å². The average molecular weight is 428 g/mol. The molecule has 0 atom stereocenters. The van der Waals surface area contributed by atoms with Gasteiger partial charge in [-0.25, -0.2) is 4.68 Å². The number of nitro benzene ring substituents is 1. The molecule has 0 saturated heterocycles. The molecule has 0 amide bonds. The van der Waals surface area contributed by atoms with Crippen molar-refractivity contribution in [3.63, 3.8) is 0 Å². The summed E-state index contributed by atoms with van der Waals surface area (Å²) in [5.74, 6) is -0.509. The van der Waals surface area contributed by atoms with E-state index in [0.29, 0.717) is 22.5 Å². The first-order chi connectivity index (χ1) is 15.3. The van der Waals surface area contributed by atoms with Crippen molar-refractivity contribution in [3.8, 4) is 11.8 Å². The SMILES string of the molecule is Cc1c(CC(=O)/C(C#N)=C/C=C/c2ccccc2[N+](=O)[O-])c(=O)n(-c2ccccc2)n1C. The summed E-state index contributed by atoms with van der Waals surface area (Å²) in [6.07, 6.45) is 3.95. The summed E-state index contributed by atoms with van der Waals surface area (Å²) in [6.45, 7) is 1.74. The molecule has 2 aromatic carbocycles. The zero-order valence-electron chi connectivity index (χ0n) is 17.6. The summed E-state index contributed by atoms with van der Waals surface area (Å²) >= 11 is 0. The van der Waals surface area contributed by atoms with Crippen molar-refractivity contribution in [1.29, 1.82) is 5.26 Å². The minimum Gasteiger partial charge on any atom is -0.293 e. The van der Waals surface area contributed by atoms with Crippen LogP contribution in [0.25, 0.3) is 11.8 Å². The number of rotatable bonds is 7. The number of Topliss-reactive ketones (excluding diaryl/α,β-unsaturated/α-hetero) is 1. The number of hydrogen-bond donors (Lipinski definition) is 0. The number of nitro groups is 1. The lowest BCUT2D eigenvalue weighted by atomic mass is 10.0. The molecule has 160 valence electrons. The van der Waals surface area contributed by atoms with Gasteiger partial charge in [0.25, 0.3) is 11.2 Å². The molecule has 3 aromatic rings. The van der Waals surface area contributed by atoms with E-state index in [0.717, 1.165) is 0 Å². The lowest BCUT2D eigenvalue weighted by Gasteiger charge is -2.07. The highest BCUT2D eigenvalue weighted by Gasteiger charge is 2.20. The van der Waals surface area contributed by atoms with Crippen LogP contribution in [0.2, 0.25) is 0 Å². The summed E-state index contributed by atoms with van der Waals surface area (Å²) in [7, 11) is 1.73. The molecule has 1 heterocycles. The normalized spacial score (nSPS) is 11.5. The highest BCUT2D eigenvalue weighted by atomic mass is 16.6. The van der Waals surface area contributed by atoms with Gasteiger partial charge in [0.1, 0.15) is 6.07 Å². The van der Waals surface area contributed by atoms with E-state index >= 15 is 0 Å². The fraction of sp³-hybridized carbons (Fsp3) is 0.125. The Morgan fingerprint density at radius 3 is 2.47 bits per heavy atom. The van der Waals surface area contributed by atoms with Crippen molar-refractivity contribution in [2.45, 2.75) is 13.3 Å². The van der Waals surface area contributed by atoms with Crippen LogP contribution in [-0.4, -0.2) is 20.1 Å². The van der Waals surface area contributed by atoms with Crippen molar-refractivity contribution in [3.05, 3.63) is 110 Å². The van der Waals surface area contributed by atoms with Crippen LogP contribution in [0.4, 0.5) is 5.69 Å². The standard InChI is InChI=1S/C24H20N4O4/c1-17-21(24(30)27(26(17)2)20-12-4-3-5-13-20)15-23(29)19(16-25)11-8-10-18-9-6-7-14-22(18)28(31)32/h3-14H,15H2,1-2H3/b10-8+,19-11+. The maximum Gasteiger partial charge on any atom is 0.276 e. The Morgan fingerprint density at radius 2 is 1.81 bits per heavy atom. The minimum atomic E-state index is -0.509. The van der Waals surface area contributed by atoms with Crippen molar-refractivity contribution in [1.82, 2.24) is 9.36 Å². The second-order valence-corrected chi connectivity index (χ2v) is 7.01. The first-order valence-corrected chi connectivity index (χ1v) is 9.73. The molecule has 0 bridgehead atoms. The lowest BCUT2D eigenvalue weighted by Crippen LogP contribution is -2.22. The maximum absolute atomic E-state index is 13.0. The van der Waals surface area contributed by atoms with Gasteiger partial charge in [0.05, 0.1) is 21.7 Å². The molecule has 0 radical (unpaired) electrons. The topological polar surface area (TPSA) is 111 Å². The van der Waals surface area contributed by atoms with Crippen LogP contribution in [-0.2, 0) is 18.3 Å².